The van der Waals surface area contributed by atoms with Crippen LogP contribution in [-0.4, -0.2) is 12.1 Å². The summed E-state index contributed by atoms with van der Waals surface area (Å²) < 4.78 is 11.9. The maximum atomic E-state index is 12.1. The third-order valence-electron chi connectivity index (χ3n) is 3.20. The van der Waals surface area contributed by atoms with Crippen molar-refractivity contribution in [3.05, 3.63) is 67.2 Å². The number of nitrogens with zero attached hydrogens (tertiary/aromatic N) is 1. The van der Waals surface area contributed by atoms with Crippen molar-refractivity contribution < 1.29 is 9.15 Å². The maximum Gasteiger partial charge on any atom is 0.347 e. The van der Waals surface area contributed by atoms with E-state index < -0.39 is 5.63 Å². The topological polar surface area (TPSA) is 52.3 Å². The molecule has 6 heteroatoms. The predicted octanol–water partition coefficient (Wildman–Crippen LogP) is 4.89. The number of hydrogen-bond acceptors (Lipinski definition) is 4. The Morgan fingerprint density at radius 1 is 1.13 bits per heavy atom. The van der Waals surface area contributed by atoms with E-state index in [0.717, 1.165) is 20.3 Å². The van der Waals surface area contributed by atoms with Crippen LogP contribution >= 0.6 is 31.9 Å². The first-order valence-electron chi connectivity index (χ1n) is 6.69. The fraction of sp³-hybridized carbons (Fsp3) is 0.0588. The highest BCUT2D eigenvalue weighted by atomic mass is 79.9. The molecule has 3 aromatic rings. The minimum atomic E-state index is -0.425. The fourth-order valence-corrected chi connectivity index (χ4v) is 3.39. The van der Waals surface area contributed by atoms with Crippen molar-refractivity contribution >= 4 is 54.9 Å². The summed E-state index contributed by atoms with van der Waals surface area (Å²) in [6, 6.07) is 11.1. The molecule has 0 N–H and O–H groups in total. The minimum Gasteiger partial charge on any atom is -0.497 e. The van der Waals surface area contributed by atoms with Crippen molar-refractivity contribution in [2.45, 2.75) is 0 Å². The number of aromatic nitrogens is 1. The van der Waals surface area contributed by atoms with Gasteiger partial charge >= 0.3 is 5.63 Å². The zero-order valence-electron chi connectivity index (χ0n) is 12.0. The standard InChI is InChI=1S/C17H11Br2NO3/c1-22-12-5-2-10(3-6-12)4-7-15-20-16-13(17(21)23-15)8-11(18)9-14(16)19/h2-9H,1H3/b7-4+. The molecule has 0 atom stereocenters. The normalized spacial score (nSPS) is 11.3. The van der Waals surface area contributed by atoms with E-state index >= 15 is 0 Å². The molecule has 2 aromatic carbocycles. The molecule has 0 saturated heterocycles. The molecular weight excluding hydrogens is 426 g/mol. The molecule has 0 radical (unpaired) electrons. The van der Waals surface area contributed by atoms with Crippen LogP contribution in [0.15, 0.2) is 54.6 Å². The summed E-state index contributed by atoms with van der Waals surface area (Å²) in [7, 11) is 1.62. The third-order valence-corrected chi connectivity index (χ3v) is 4.26. The Labute approximate surface area is 149 Å². The Balaban J connectivity index is 1.99. The van der Waals surface area contributed by atoms with E-state index in [-0.39, 0.29) is 5.89 Å². The molecule has 0 fully saturated rings. The lowest BCUT2D eigenvalue weighted by atomic mass is 10.2. The first-order chi connectivity index (χ1) is 11.1. The van der Waals surface area contributed by atoms with Crippen molar-refractivity contribution in [3.8, 4) is 5.75 Å². The molecule has 0 bridgehead atoms. The minimum absolute atomic E-state index is 0.251. The first kappa shape index (κ1) is 16.0. The molecule has 1 heterocycles. The first-order valence-corrected chi connectivity index (χ1v) is 8.27. The lowest BCUT2D eigenvalue weighted by Crippen LogP contribution is -2.03. The van der Waals surface area contributed by atoms with Crippen LogP contribution in [0, 0.1) is 0 Å². The van der Waals surface area contributed by atoms with Gasteiger partial charge in [-0.1, -0.05) is 28.1 Å². The molecular formula is C17H11Br2NO3. The quantitative estimate of drug-likeness (QED) is 0.586. The van der Waals surface area contributed by atoms with Crippen molar-refractivity contribution in [1.29, 1.82) is 0 Å². The molecule has 116 valence electrons. The average molecular weight is 437 g/mol. The Bertz CT molecular complexity index is 946. The number of hydrogen-bond donors (Lipinski definition) is 0. The van der Waals surface area contributed by atoms with Crippen LogP contribution in [0.25, 0.3) is 23.1 Å². The molecule has 0 aliphatic heterocycles. The summed E-state index contributed by atoms with van der Waals surface area (Å²) in [5, 5.41) is 0.424. The summed E-state index contributed by atoms with van der Waals surface area (Å²) in [6.07, 6.45) is 3.49. The zero-order valence-corrected chi connectivity index (χ0v) is 15.2. The van der Waals surface area contributed by atoms with Gasteiger partial charge in [0.2, 0.25) is 5.89 Å². The van der Waals surface area contributed by atoms with Crippen LogP contribution in [-0.2, 0) is 0 Å². The van der Waals surface area contributed by atoms with Gasteiger partial charge in [-0.15, -0.1) is 0 Å². The Morgan fingerprint density at radius 2 is 1.87 bits per heavy atom. The zero-order chi connectivity index (χ0) is 16.4. The summed E-state index contributed by atoms with van der Waals surface area (Å²) >= 11 is 6.76. The molecule has 0 amide bonds. The van der Waals surface area contributed by atoms with E-state index in [1.54, 1.807) is 19.3 Å². The van der Waals surface area contributed by atoms with Crippen LogP contribution in [0.3, 0.4) is 0 Å². The molecule has 0 unspecified atom stereocenters. The van der Waals surface area contributed by atoms with Crippen molar-refractivity contribution in [1.82, 2.24) is 4.98 Å². The van der Waals surface area contributed by atoms with E-state index in [0.29, 0.717) is 10.9 Å². The number of rotatable bonds is 3. The van der Waals surface area contributed by atoms with Gasteiger partial charge in [-0.2, -0.15) is 0 Å². The SMILES string of the molecule is COc1ccc(/C=C/c2nc3c(Br)cc(Br)cc3c(=O)o2)cc1. The monoisotopic (exact) mass is 435 g/mol. The summed E-state index contributed by atoms with van der Waals surface area (Å²) in [4.78, 5) is 16.5. The number of benzene rings is 2. The second-order valence-electron chi connectivity index (χ2n) is 4.73. The van der Waals surface area contributed by atoms with E-state index in [9.17, 15) is 4.79 Å². The lowest BCUT2D eigenvalue weighted by Gasteiger charge is -2.02. The molecule has 0 saturated carbocycles. The van der Waals surface area contributed by atoms with Gasteiger partial charge < -0.3 is 9.15 Å². The van der Waals surface area contributed by atoms with Crippen LogP contribution < -0.4 is 10.4 Å². The number of methoxy groups -OCH3 is 1. The Kier molecular flexibility index (Phi) is 4.63. The largest absolute Gasteiger partial charge is 0.497 e. The van der Waals surface area contributed by atoms with E-state index in [4.69, 9.17) is 9.15 Å². The van der Waals surface area contributed by atoms with E-state index in [1.807, 2.05) is 36.4 Å². The molecule has 0 spiro atoms. The average Bonchev–Trinajstić information content (AvgIpc) is 2.54. The van der Waals surface area contributed by atoms with E-state index in [2.05, 4.69) is 36.8 Å². The Hall–Kier alpha value is -1.92. The van der Waals surface area contributed by atoms with Gasteiger partial charge in [-0.25, -0.2) is 9.78 Å². The van der Waals surface area contributed by atoms with Gasteiger partial charge in [-0.05, 0) is 51.8 Å². The van der Waals surface area contributed by atoms with E-state index in [1.165, 1.54) is 0 Å². The van der Waals surface area contributed by atoms with Gasteiger partial charge in [0.25, 0.3) is 0 Å². The molecule has 0 aliphatic rings. The molecule has 1 aromatic heterocycles. The van der Waals surface area contributed by atoms with Crippen LogP contribution in [0.5, 0.6) is 5.75 Å². The molecule has 0 aliphatic carbocycles. The summed E-state index contributed by atoms with van der Waals surface area (Å²) in [6.45, 7) is 0. The van der Waals surface area contributed by atoms with Crippen LogP contribution in [0.2, 0.25) is 0 Å². The molecule has 3 rings (SSSR count). The highest BCUT2D eigenvalue weighted by Gasteiger charge is 2.09. The number of ether oxygens (including phenoxy) is 1. The highest BCUT2D eigenvalue weighted by Crippen LogP contribution is 2.25. The second kappa shape index (κ2) is 6.68. The van der Waals surface area contributed by atoms with Gasteiger partial charge in [0.05, 0.1) is 18.0 Å². The summed E-state index contributed by atoms with van der Waals surface area (Å²) in [5.74, 6) is 1.04. The van der Waals surface area contributed by atoms with Gasteiger partial charge in [0, 0.05) is 15.0 Å². The van der Waals surface area contributed by atoms with Crippen LogP contribution in [0.4, 0.5) is 0 Å². The highest BCUT2D eigenvalue weighted by molar-refractivity contribution is 9.11. The maximum absolute atomic E-state index is 12.1. The third kappa shape index (κ3) is 3.54. The summed E-state index contributed by atoms with van der Waals surface area (Å²) in [5.41, 5.74) is 1.09. The smallest absolute Gasteiger partial charge is 0.347 e. The number of fused-ring (bicyclic) bond motifs is 1. The molecule has 4 nitrogen and oxygen atoms in total. The molecule has 23 heavy (non-hydrogen) atoms. The van der Waals surface area contributed by atoms with Crippen molar-refractivity contribution in [2.75, 3.05) is 7.11 Å². The predicted molar refractivity (Wildman–Crippen MR) is 97.6 cm³/mol. The Morgan fingerprint density at radius 3 is 2.57 bits per heavy atom. The van der Waals surface area contributed by atoms with Crippen LogP contribution in [0.1, 0.15) is 11.5 Å². The van der Waals surface area contributed by atoms with Gasteiger partial charge in [-0.3, -0.25) is 0 Å². The number of halogens is 2. The van der Waals surface area contributed by atoms with Gasteiger partial charge in [0.1, 0.15) is 5.75 Å². The lowest BCUT2D eigenvalue weighted by molar-refractivity contribution is 0.415. The van der Waals surface area contributed by atoms with Gasteiger partial charge in [0.15, 0.2) is 0 Å². The fourth-order valence-electron chi connectivity index (χ4n) is 2.07. The second-order valence-corrected chi connectivity index (χ2v) is 6.50. The van der Waals surface area contributed by atoms with Crippen molar-refractivity contribution in [3.63, 3.8) is 0 Å². The van der Waals surface area contributed by atoms with Crippen molar-refractivity contribution in [2.24, 2.45) is 0 Å².